The third-order valence-electron chi connectivity index (χ3n) is 2.35. The van der Waals surface area contributed by atoms with E-state index in [-0.39, 0.29) is 24.2 Å². The molecular weight excluding hydrogens is 259 g/mol. The van der Waals surface area contributed by atoms with Crippen LogP contribution in [0, 0.1) is 0 Å². The maximum atomic E-state index is 12.0. The van der Waals surface area contributed by atoms with Gasteiger partial charge in [0, 0.05) is 11.6 Å². The van der Waals surface area contributed by atoms with Crippen molar-refractivity contribution >= 4 is 12.4 Å². The third-order valence-corrected chi connectivity index (χ3v) is 2.35. The van der Waals surface area contributed by atoms with Crippen LogP contribution in [-0.4, -0.2) is 20.0 Å². The predicted molar refractivity (Wildman–Crippen MR) is 57.7 cm³/mol. The van der Waals surface area contributed by atoms with Gasteiger partial charge < -0.3 is 14.8 Å². The van der Waals surface area contributed by atoms with E-state index < -0.39 is 6.36 Å². The van der Waals surface area contributed by atoms with Gasteiger partial charge in [-0.2, -0.15) is 0 Å². The van der Waals surface area contributed by atoms with Crippen molar-refractivity contribution in [3.05, 3.63) is 23.8 Å². The zero-order valence-electron chi connectivity index (χ0n) is 8.88. The lowest BCUT2D eigenvalue weighted by atomic mass is 10.1. The summed E-state index contributed by atoms with van der Waals surface area (Å²) in [7, 11) is 1.77. The Balaban J connectivity index is 0.00000144. The van der Waals surface area contributed by atoms with Crippen LogP contribution in [0.5, 0.6) is 11.5 Å². The summed E-state index contributed by atoms with van der Waals surface area (Å²) in [5.74, 6) is 0.170. The Kier molecular flexibility index (Phi) is 4.11. The molecule has 1 aliphatic rings. The van der Waals surface area contributed by atoms with E-state index in [0.29, 0.717) is 12.4 Å². The minimum absolute atomic E-state index is 0. The molecule has 0 radical (unpaired) electrons. The fourth-order valence-electron chi connectivity index (χ4n) is 1.63. The number of hydrogen-bond acceptors (Lipinski definition) is 3. The molecule has 1 aliphatic heterocycles. The van der Waals surface area contributed by atoms with E-state index in [9.17, 15) is 13.2 Å². The van der Waals surface area contributed by atoms with E-state index in [1.165, 1.54) is 12.1 Å². The quantitative estimate of drug-likeness (QED) is 0.895. The summed E-state index contributed by atoms with van der Waals surface area (Å²) in [5.41, 5.74) is 0.844. The SMILES string of the molecule is CN[C@@H]1COc2cc(OC(F)(F)F)ccc21.Cl. The maximum Gasteiger partial charge on any atom is 0.573 e. The molecule has 0 amide bonds. The molecule has 0 fully saturated rings. The van der Waals surface area contributed by atoms with Gasteiger partial charge in [-0.3, -0.25) is 0 Å². The number of rotatable bonds is 2. The molecule has 3 nitrogen and oxygen atoms in total. The van der Waals surface area contributed by atoms with Crippen molar-refractivity contribution in [3.8, 4) is 11.5 Å². The fourth-order valence-corrected chi connectivity index (χ4v) is 1.63. The Morgan fingerprint density at radius 1 is 1.41 bits per heavy atom. The molecule has 1 aromatic rings. The van der Waals surface area contributed by atoms with Gasteiger partial charge in [0.05, 0.1) is 6.04 Å². The summed E-state index contributed by atoms with van der Waals surface area (Å²) >= 11 is 0. The van der Waals surface area contributed by atoms with Crippen molar-refractivity contribution in [3.63, 3.8) is 0 Å². The van der Waals surface area contributed by atoms with Gasteiger partial charge >= 0.3 is 6.36 Å². The molecular formula is C10H11ClF3NO2. The van der Waals surface area contributed by atoms with Gasteiger partial charge in [-0.05, 0) is 19.2 Å². The third kappa shape index (κ3) is 3.17. The van der Waals surface area contributed by atoms with Crippen molar-refractivity contribution < 1.29 is 22.6 Å². The Morgan fingerprint density at radius 3 is 2.71 bits per heavy atom. The number of nitrogens with one attached hydrogen (secondary N) is 1. The average molecular weight is 270 g/mol. The highest BCUT2D eigenvalue weighted by atomic mass is 35.5. The molecule has 0 aliphatic carbocycles. The largest absolute Gasteiger partial charge is 0.573 e. The van der Waals surface area contributed by atoms with Crippen molar-refractivity contribution in [2.45, 2.75) is 12.4 Å². The van der Waals surface area contributed by atoms with Crippen LogP contribution >= 0.6 is 12.4 Å². The summed E-state index contributed by atoms with van der Waals surface area (Å²) in [4.78, 5) is 0. The Hall–Kier alpha value is -1.14. The van der Waals surface area contributed by atoms with Crippen molar-refractivity contribution in [1.82, 2.24) is 5.32 Å². The van der Waals surface area contributed by atoms with Gasteiger partial charge in [-0.15, -0.1) is 25.6 Å². The first kappa shape index (κ1) is 13.9. The van der Waals surface area contributed by atoms with Crippen molar-refractivity contribution in [2.75, 3.05) is 13.7 Å². The highest BCUT2D eigenvalue weighted by molar-refractivity contribution is 5.85. The van der Waals surface area contributed by atoms with Gasteiger partial charge in [0.15, 0.2) is 0 Å². The molecule has 0 saturated heterocycles. The van der Waals surface area contributed by atoms with E-state index >= 15 is 0 Å². The predicted octanol–water partition coefficient (Wildman–Crippen LogP) is 2.66. The van der Waals surface area contributed by atoms with Crippen LogP contribution in [0.2, 0.25) is 0 Å². The van der Waals surface area contributed by atoms with Crippen LogP contribution in [0.4, 0.5) is 13.2 Å². The zero-order chi connectivity index (χ0) is 11.8. The topological polar surface area (TPSA) is 30.5 Å². The molecule has 1 heterocycles. The highest BCUT2D eigenvalue weighted by Gasteiger charge is 2.32. The second-order valence-corrected chi connectivity index (χ2v) is 3.40. The Labute approximate surface area is 102 Å². The number of ether oxygens (including phenoxy) is 2. The molecule has 1 atom stereocenters. The molecule has 17 heavy (non-hydrogen) atoms. The molecule has 7 heteroatoms. The van der Waals surface area contributed by atoms with Crippen LogP contribution in [0.1, 0.15) is 11.6 Å². The summed E-state index contributed by atoms with van der Waals surface area (Å²) in [6, 6.07) is 4.13. The van der Waals surface area contributed by atoms with E-state index in [1.54, 1.807) is 13.1 Å². The van der Waals surface area contributed by atoms with E-state index in [2.05, 4.69) is 10.1 Å². The number of likely N-dealkylation sites (N-methyl/N-ethyl adjacent to an activating group) is 1. The van der Waals surface area contributed by atoms with Crippen LogP contribution in [0.3, 0.4) is 0 Å². The number of hydrogen-bond donors (Lipinski definition) is 1. The monoisotopic (exact) mass is 269 g/mol. The van der Waals surface area contributed by atoms with Crippen LogP contribution in [-0.2, 0) is 0 Å². The van der Waals surface area contributed by atoms with E-state index in [1.807, 2.05) is 0 Å². The Morgan fingerprint density at radius 2 is 2.12 bits per heavy atom. The minimum atomic E-state index is -4.67. The van der Waals surface area contributed by atoms with Gasteiger partial charge in [0.25, 0.3) is 0 Å². The lowest BCUT2D eigenvalue weighted by molar-refractivity contribution is -0.274. The van der Waals surface area contributed by atoms with E-state index in [0.717, 1.165) is 5.56 Å². The molecule has 1 aromatic carbocycles. The normalized spacial score (nSPS) is 18.0. The van der Waals surface area contributed by atoms with Gasteiger partial charge in [0.1, 0.15) is 18.1 Å². The molecule has 0 saturated carbocycles. The summed E-state index contributed by atoms with van der Waals surface area (Å²) in [5, 5.41) is 3.00. The molecule has 1 N–H and O–H groups in total. The second-order valence-electron chi connectivity index (χ2n) is 3.40. The summed E-state index contributed by atoms with van der Waals surface area (Å²) in [6.07, 6.45) is -4.67. The lowest BCUT2D eigenvalue weighted by Crippen LogP contribution is -2.17. The Bertz CT molecular complexity index is 398. The van der Waals surface area contributed by atoms with Gasteiger partial charge in [-0.1, -0.05) is 0 Å². The molecule has 0 spiro atoms. The molecule has 0 unspecified atom stereocenters. The first-order chi connectivity index (χ1) is 7.49. The number of alkyl halides is 3. The summed E-state index contributed by atoms with van der Waals surface area (Å²) < 4.78 is 44.9. The smallest absolute Gasteiger partial charge is 0.491 e. The average Bonchev–Trinajstić information content (AvgIpc) is 2.57. The highest BCUT2D eigenvalue weighted by Crippen LogP contribution is 2.36. The van der Waals surface area contributed by atoms with Crippen molar-refractivity contribution in [2.24, 2.45) is 0 Å². The molecule has 96 valence electrons. The van der Waals surface area contributed by atoms with Crippen LogP contribution in [0.15, 0.2) is 18.2 Å². The minimum Gasteiger partial charge on any atom is -0.491 e. The van der Waals surface area contributed by atoms with Crippen LogP contribution < -0.4 is 14.8 Å². The van der Waals surface area contributed by atoms with Gasteiger partial charge in [0.2, 0.25) is 0 Å². The van der Waals surface area contributed by atoms with Crippen LogP contribution in [0.25, 0.3) is 0 Å². The van der Waals surface area contributed by atoms with E-state index in [4.69, 9.17) is 4.74 Å². The summed E-state index contributed by atoms with van der Waals surface area (Å²) in [6.45, 7) is 0.418. The first-order valence-electron chi connectivity index (χ1n) is 4.69. The van der Waals surface area contributed by atoms with Gasteiger partial charge in [-0.25, -0.2) is 0 Å². The second kappa shape index (κ2) is 5.01. The molecule has 0 bridgehead atoms. The number of benzene rings is 1. The standard InChI is InChI=1S/C10H10F3NO2.ClH/c1-14-8-5-15-9-4-6(2-3-7(8)9)16-10(11,12)13;/h2-4,8,14H,5H2,1H3;1H/t8-;/m1./s1. The van der Waals surface area contributed by atoms with Crippen molar-refractivity contribution in [1.29, 1.82) is 0 Å². The molecule has 2 rings (SSSR count). The molecule has 0 aromatic heterocycles. The lowest BCUT2D eigenvalue weighted by Gasteiger charge is -2.10. The number of halogens is 4. The first-order valence-corrected chi connectivity index (χ1v) is 4.69. The zero-order valence-corrected chi connectivity index (χ0v) is 9.69. The maximum absolute atomic E-state index is 12.0. The fraction of sp³-hybridized carbons (Fsp3) is 0.400. The number of fused-ring (bicyclic) bond motifs is 1.